The molecule has 0 atom stereocenters. The molecule has 0 saturated heterocycles. The number of hydrogen-bond acceptors (Lipinski definition) is 3. The van der Waals surface area contributed by atoms with E-state index >= 15 is 0 Å². The lowest BCUT2D eigenvalue weighted by Crippen LogP contribution is -2.27. The van der Waals surface area contributed by atoms with Gasteiger partial charge in [-0.3, -0.25) is 0 Å². The van der Waals surface area contributed by atoms with E-state index in [1.165, 1.54) is 5.56 Å². The van der Waals surface area contributed by atoms with Gasteiger partial charge < -0.3 is 14.4 Å². The molecule has 3 nitrogen and oxygen atoms in total. The van der Waals surface area contributed by atoms with Crippen molar-refractivity contribution in [2.75, 3.05) is 39.5 Å². The fourth-order valence-corrected chi connectivity index (χ4v) is 3.48. The summed E-state index contributed by atoms with van der Waals surface area (Å²) in [6.07, 6.45) is 1.15. The molecular weight excluding hydrogens is 310 g/mol. The molecule has 0 radical (unpaired) electrons. The summed E-state index contributed by atoms with van der Waals surface area (Å²) in [6.45, 7) is 21.0. The van der Waals surface area contributed by atoms with Gasteiger partial charge in [-0.25, -0.2) is 0 Å². The highest BCUT2D eigenvalue weighted by Crippen LogP contribution is 2.36. The fraction of sp³-hybridized carbons (Fsp3) is 0.727. The van der Waals surface area contributed by atoms with Gasteiger partial charge in [0, 0.05) is 6.54 Å². The van der Waals surface area contributed by atoms with E-state index in [9.17, 15) is 0 Å². The Bertz CT molecular complexity index is 470. The van der Waals surface area contributed by atoms with Gasteiger partial charge in [0.05, 0.1) is 13.2 Å². The van der Waals surface area contributed by atoms with Crippen molar-refractivity contribution in [2.45, 2.75) is 60.3 Å². The quantitative estimate of drug-likeness (QED) is 0.516. The van der Waals surface area contributed by atoms with Gasteiger partial charge in [0.2, 0.25) is 0 Å². The minimum atomic E-state index is 0.171. The summed E-state index contributed by atoms with van der Waals surface area (Å²) < 4.78 is 11.5. The highest BCUT2D eigenvalue weighted by molar-refractivity contribution is 5.31. The average Bonchev–Trinajstić information content (AvgIpc) is 2.52. The molecule has 0 heterocycles. The third-order valence-electron chi connectivity index (χ3n) is 4.55. The van der Waals surface area contributed by atoms with Crippen LogP contribution in [0.5, 0.6) is 5.75 Å². The molecule has 0 N–H and O–H groups in total. The summed E-state index contributed by atoms with van der Waals surface area (Å²) in [5.41, 5.74) is 1.86. The predicted molar refractivity (Wildman–Crippen MR) is 108 cm³/mol. The molecule has 0 spiro atoms. The lowest BCUT2D eigenvalue weighted by molar-refractivity contribution is 0.0819. The van der Waals surface area contributed by atoms with E-state index in [0.29, 0.717) is 18.6 Å². The van der Waals surface area contributed by atoms with Crippen LogP contribution in [-0.2, 0) is 10.2 Å². The summed E-state index contributed by atoms with van der Waals surface area (Å²) in [6, 6.07) is 8.55. The van der Waals surface area contributed by atoms with Crippen LogP contribution in [0.15, 0.2) is 24.3 Å². The zero-order valence-corrected chi connectivity index (χ0v) is 17.5. The van der Waals surface area contributed by atoms with Crippen LogP contribution in [0.25, 0.3) is 0 Å². The zero-order valence-electron chi connectivity index (χ0n) is 17.5. The Balaban J connectivity index is 2.35. The zero-order chi connectivity index (χ0) is 18.9. The van der Waals surface area contributed by atoms with Crippen molar-refractivity contribution in [3.63, 3.8) is 0 Å². The molecule has 0 amide bonds. The Hall–Kier alpha value is -1.06. The normalized spacial score (nSPS) is 12.6. The maximum Gasteiger partial charge on any atom is 0.119 e. The fourth-order valence-electron chi connectivity index (χ4n) is 3.48. The van der Waals surface area contributed by atoms with Crippen LogP contribution in [0.3, 0.4) is 0 Å². The Morgan fingerprint density at radius 3 is 1.96 bits per heavy atom. The Morgan fingerprint density at radius 1 is 0.840 bits per heavy atom. The van der Waals surface area contributed by atoms with Crippen LogP contribution >= 0.6 is 0 Å². The lowest BCUT2D eigenvalue weighted by atomic mass is 9.72. The van der Waals surface area contributed by atoms with Crippen molar-refractivity contribution in [3.8, 4) is 5.75 Å². The van der Waals surface area contributed by atoms with Crippen LogP contribution in [0.1, 0.15) is 60.5 Å². The highest BCUT2D eigenvalue weighted by Gasteiger charge is 2.27. The van der Waals surface area contributed by atoms with E-state index in [1.54, 1.807) is 0 Å². The second kappa shape index (κ2) is 10.2. The molecule has 1 rings (SSSR count). The summed E-state index contributed by atoms with van der Waals surface area (Å²) in [7, 11) is 0. The van der Waals surface area contributed by atoms with Gasteiger partial charge in [-0.1, -0.05) is 60.6 Å². The van der Waals surface area contributed by atoms with Gasteiger partial charge in [0.15, 0.2) is 0 Å². The standard InChI is InChI=1S/C22H39NO2/c1-8-23(9-2)14-15-24-16-17-25-20-12-10-19(11-13-20)22(6,7)18-21(3,4)5/h10-13H,8-9,14-18H2,1-7H3. The van der Waals surface area contributed by atoms with Crippen LogP contribution in [0, 0.1) is 5.41 Å². The summed E-state index contributed by atoms with van der Waals surface area (Å²) >= 11 is 0. The molecule has 0 aliphatic rings. The molecule has 1 aromatic rings. The molecule has 144 valence electrons. The first-order valence-corrected chi connectivity index (χ1v) is 9.71. The van der Waals surface area contributed by atoms with Gasteiger partial charge in [-0.15, -0.1) is 0 Å². The molecule has 0 aromatic heterocycles. The first kappa shape index (κ1) is 22.0. The molecule has 3 heteroatoms. The van der Waals surface area contributed by atoms with E-state index in [-0.39, 0.29) is 5.41 Å². The predicted octanol–water partition coefficient (Wildman–Crippen LogP) is 5.14. The molecule has 0 fully saturated rings. The van der Waals surface area contributed by atoms with Gasteiger partial charge >= 0.3 is 0 Å². The minimum absolute atomic E-state index is 0.171. The van der Waals surface area contributed by atoms with Gasteiger partial charge in [-0.05, 0) is 48.0 Å². The minimum Gasteiger partial charge on any atom is -0.491 e. The molecule has 1 aromatic carbocycles. The highest BCUT2D eigenvalue weighted by atomic mass is 16.5. The first-order chi connectivity index (χ1) is 11.7. The lowest BCUT2D eigenvalue weighted by Gasteiger charge is -2.33. The number of hydrogen-bond donors (Lipinski definition) is 0. The Kier molecular flexibility index (Phi) is 8.95. The molecule has 25 heavy (non-hydrogen) atoms. The smallest absolute Gasteiger partial charge is 0.119 e. The maximum absolute atomic E-state index is 5.80. The topological polar surface area (TPSA) is 21.7 Å². The Labute approximate surface area is 155 Å². The largest absolute Gasteiger partial charge is 0.491 e. The van der Waals surface area contributed by atoms with Crippen molar-refractivity contribution < 1.29 is 9.47 Å². The molecular formula is C22H39NO2. The SMILES string of the molecule is CCN(CC)CCOCCOc1ccc(C(C)(C)CC(C)(C)C)cc1. The molecule has 0 saturated carbocycles. The van der Waals surface area contributed by atoms with Crippen molar-refractivity contribution in [1.29, 1.82) is 0 Å². The van der Waals surface area contributed by atoms with Crippen LogP contribution in [0.4, 0.5) is 0 Å². The second-order valence-corrected chi connectivity index (χ2v) is 8.63. The van der Waals surface area contributed by atoms with Gasteiger partial charge in [0.1, 0.15) is 12.4 Å². The average molecular weight is 350 g/mol. The first-order valence-electron chi connectivity index (χ1n) is 9.71. The van der Waals surface area contributed by atoms with E-state index in [0.717, 1.165) is 38.4 Å². The molecule has 0 aliphatic carbocycles. The maximum atomic E-state index is 5.80. The third-order valence-corrected chi connectivity index (χ3v) is 4.55. The Morgan fingerprint density at radius 2 is 1.44 bits per heavy atom. The second-order valence-electron chi connectivity index (χ2n) is 8.63. The van der Waals surface area contributed by atoms with Gasteiger partial charge in [-0.2, -0.15) is 0 Å². The van der Waals surface area contributed by atoms with Crippen molar-refractivity contribution in [2.24, 2.45) is 5.41 Å². The van der Waals surface area contributed by atoms with E-state index in [4.69, 9.17) is 9.47 Å². The number of benzene rings is 1. The molecule has 0 bridgehead atoms. The van der Waals surface area contributed by atoms with E-state index in [1.807, 2.05) is 0 Å². The number of likely N-dealkylation sites (N-methyl/N-ethyl adjacent to an activating group) is 1. The van der Waals surface area contributed by atoms with E-state index < -0.39 is 0 Å². The third kappa shape index (κ3) is 8.73. The van der Waals surface area contributed by atoms with Crippen LogP contribution in [-0.4, -0.2) is 44.4 Å². The van der Waals surface area contributed by atoms with Gasteiger partial charge in [0.25, 0.3) is 0 Å². The van der Waals surface area contributed by atoms with Crippen LogP contribution < -0.4 is 4.74 Å². The summed E-state index contributed by atoms with van der Waals surface area (Å²) in [5, 5.41) is 0. The number of rotatable bonds is 11. The van der Waals surface area contributed by atoms with Crippen molar-refractivity contribution >= 4 is 0 Å². The molecule has 0 unspecified atom stereocenters. The van der Waals surface area contributed by atoms with Crippen molar-refractivity contribution in [3.05, 3.63) is 29.8 Å². The van der Waals surface area contributed by atoms with E-state index in [2.05, 4.69) is 77.6 Å². The summed E-state index contributed by atoms with van der Waals surface area (Å²) in [5.74, 6) is 0.919. The monoisotopic (exact) mass is 349 g/mol. The van der Waals surface area contributed by atoms with Crippen LogP contribution in [0.2, 0.25) is 0 Å². The number of nitrogens with zero attached hydrogens (tertiary/aromatic N) is 1. The number of ether oxygens (including phenoxy) is 2. The van der Waals surface area contributed by atoms with Crippen molar-refractivity contribution in [1.82, 2.24) is 4.90 Å². The molecule has 0 aliphatic heterocycles. The summed E-state index contributed by atoms with van der Waals surface area (Å²) in [4.78, 5) is 2.36.